The van der Waals surface area contributed by atoms with Crippen molar-refractivity contribution in [3.8, 4) is 0 Å². The topological polar surface area (TPSA) is 64.4 Å². The number of carbonyl (C=O) groups excluding carboxylic acids is 1. The lowest BCUT2D eigenvalue weighted by Crippen LogP contribution is -2.45. The molecule has 0 N–H and O–H groups in total. The molecule has 0 unspecified atom stereocenters. The quantitative estimate of drug-likeness (QED) is 0.798. The van der Waals surface area contributed by atoms with Gasteiger partial charge in [-0.05, 0) is 24.6 Å². The van der Waals surface area contributed by atoms with Crippen molar-refractivity contribution in [3.05, 3.63) is 39.4 Å². The van der Waals surface area contributed by atoms with Gasteiger partial charge in [0.15, 0.2) is 0 Å². The van der Waals surface area contributed by atoms with Crippen LogP contribution in [0.5, 0.6) is 0 Å². The van der Waals surface area contributed by atoms with Crippen molar-refractivity contribution >= 4 is 32.7 Å². The number of benzene rings is 1. The molecule has 1 aliphatic heterocycles. The lowest BCUT2D eigenvalue weighted by molar-refractivity contribution is -0.139. The minimum atomic E-state index is -0.123. The second-order valence-electron chi connectivity index (χ2n) is 5.90. The van der Waals surface area contributed by atoms with Gasteiger partial charge in [0.1, 0.15) is 0 Å². The Bertz CT molecular complexity index is 805. The Morgan fingerprint density at radius 2 is 2.29 bits per heavy atom. The maximum atomic E-state index is 12.5. The van der Waals surface area contributed by atoms with Gasteiger partial charge in [-0.1, -0.05) is 22.9 Å². The zero-order chi connectivity index (χ0) is 17.1. The highest BCUT2D eigenvalue weighted by Crippen LogP contribution is 2.15. The Hall–Kier alpha value is -1.73. The molecule has 0 aliphatic carbocycles. The van der Waals surface area contributed by atoms with Gasteiger partial charge in [-0.25, -0.2) is 4.98 Å². The summed E-state index contributed by atoms with van der Waals surface area (Å²) in [5, 5.41) is 0.553. The van der Waals surface area contributed by atoms with Crippen LogP contribution in [-0.4, -0.2) is 46.2 Å². The van der Waals surface area contributed by atoms with Gasteiger partial charge in [0, 0.05) is 30.5 Å². The third-order valence-corrected chi connectivity index (χ3v) is 4.79. The number of morpholine rings is 1. The molecular formula is C17H20BrN3O3. The summed E-state index contributed by atoms with van der Waals surface area (Å²) >= 11 is 3.37. The van der Waals surface area contributed by atoms with Crippen LogP contribution in [-0.2, 0) is 16.1 Å². The highest BCUT2D eigenvalue weighted by Gasteiger charge is 2.22. The van der Waals surface area contributed by atoms with E-state index in [0.717, 1.165) is 10.9 Å². The Morgan fingerprint density at radius 3 is 3.08 bits per heavy atom. The van der Waals surface area contributed by atoms with Crippen LogP contribution in [0, 0.1) is 0 Å². The van der Waals surface area contributed by atoms with Crippen LogP contribution < -0.4 is 5.56 Å². The molecule has 24 heavy (non-hydrogen) atoms. The van der Waals surface area contributed by atoms with Gasteiger partial charge in [0.25, 0.3) is 5.56 Å². The standard InChI is InChI=1S/C17H20BrN3O3/c1-2-13-10-20(7-8-24-13)16(22)5-6-21-11-19-15-4-3-12(18)9-14(15)17(21)23/h3-4,9,11,13H,2,5-8,10H2,1H3/t13-/m1/s1. The van der Waals surface area contributed by atoms with Gasteiger partial charge in [-0.15, -0.1) is 0 Å². The second-order valence-corrected chi connectivity index (χ2v) is 6.81. The van der Waals surface area contributed by atoms with Crippen LogP contribution in [0.1, 0.15) is 19.8 Å². The minimum Gasteiger partial charge on any atom is -0.375 e. The number of amides is 1. The third kappa shape index (κ3) is 3.67. The first-order valence-corrected chi connectivity index (χ1v) is 8.92. The maximum absolute atomic E-state index is 12.5. The Balaban J connectivity index is 1.70. The number of ether oxygens (including phenoxy) is 1. The van der Waals surface area contributed by atoms with Crippen molar-refractivity contribution in [2.24, 2.45) is 0 Å². The molecule has 1 amide bonds. The summed E-state index contributed by atoms with van der Waals surface area (Å²) in [4.78, 5) is 31.0. The predicted octanol–water partition coefficient (Wildman–Crippen LogP) is 2.19. The van der Waals surface area contributed by atoms with E-state index in [-0.39, 0.29) is 24.0 Å². The van der Waals surface area contributed by atoms with E-state index in [4.69, 9.17) is 4.74 Å². The lowest BCUT2D eigenvalue weighted by atomic mass is 10.2. The molecule has 1 aromatic carbocycles. The number of hydrogen-bond acceptors (Lipinski definition) is 4. The molecule has 2 aromatic rings. The van der Waals surface area contributed by atoms with E-state index >= 15 is 0 Å². The molecule has 1 saturated heterocycles. The number of aromatic nitrogens is 2. The van der Waals surface area contributed by atoms with Crippen molar-refractivity contribution in [1.82, 2.24) is 14.5 Å². The molecule has 128 valence electrons. The van der Waals surface area contributed by atoms with E-state index in [1.807, 2.05) is 11.0 Å². The normalized spacial score (nSPS) is 18.1. The first-order valence-electron chi connectivity index (χ1n) is 8.12. The first-order chi connectivity index (χ1) is 11.6. The summed E-state index contributed by atoms with van der Waals surface area (Å²) in [6, 6.07) is 5.41. The molecule has 0 saturated carbocycles. The summed E-state index contributed by atoms with van der Waals surface area (Å²) in [5.74, 6) is 0.0537. The minimum absolute atomic E-state index is 0.0537. The Labute approximate surface area is 148 Å². The van der Waals surface area contributed by atoms with E-state index in [9.17, 15) is 9.59 Å². The molecule has 3 rings (SSSR count). The Kier molecular flexibility index (Phi) is 5.30. The van der Waals surface area contributed by atoms with Crippen molar-refractivity contribution in [3.63, 3.8) is 0 Å². The number of aryl methyl sites for hydroxylation is 1. The smallest absolute Gasteiger partial charge is 0.261 e. The molecule has 0 radical (unpaired) electrons. The van der Waals surface area contributed by atoms with Crippen LogP contribution in [0.15, 0.2) is 33.8 Å². The van der Waals surface area contributed by atoms with Crippen molar-refractivity contribution < 1.29 is 9.53 Å². The van der Waals surface area contributed by atoms with Crippen LogP contribution in [0.3, 0.4) is 0 Å². The van der Waals surface area contributed by atoms with Gasteiger partial charge in [0.2, 0.25) is 5.91 Å². The molecule has 2 heterocycles. The third-order valence-electron chi connectivity index (χ3n) is 4.30. The average Bonchev–Trinajstić information content (AvgIpc) is 2.61. The number of halogens is 1. The molecule has 1 aliphatic rings. The first kappa shape index (κ1) is 17.1. The zero-order valence-electron chi connectivity index (χ0n) is 13.6. The Morgan fingerprint density at radius 1 is 1.46 bits per heavy atom. The number of nitrogens with zero attached hydrogens (tertiary/aromatic N) is 3. The number of rotatable bonds is 4. The van der Waals surface area contributed by atoms with E-state index in [2.05, 4.69) is 27.8 Å². The number of carbonyl (C=O) groups is 1. The van der Waals surface area contributed by atoms with Gasteiger partial charge in [0.05, 0.1) is 29.9 Å². The van der Waals surface area contributed by atoms with Crippen molar-refractivity contribution in [2.45, 2.75) is 32.4 Å². The summed E-state index contributed by atoms with van der Waals surface area (Å²) in [7, 11) is 0. The molecule has 1 aromatic heterocycles. The summed E-state index contributed by atoms with van der Waals surface area (Å²) < 4.78 is 7.92. The zero-order valence-corrected chi connectivity index (χ0v) is 15.2. The van der Waals surface area contributed by atoms with Crippen LogP contribution in [0.25, 0.3) is 10.9 Å². The average molecular weight is 394 g/mol. The summed E-state index contributed by atoms with van der Waals surface area (Å²) in [5.41, 5.74) is 0.534. The van der Waals surface area contributed by atoms with Gasteiger partial charge in [-0.2, -0.15) is 0 Å². The lowest BCUT2D eigenvalue weighted by Gasteiger charge is -2.32. The van der Waals surface area contributed by atoms with Gasteiger partial charge < -0.3 is 9.64 Å². The van der Waals surface area contributed by atoms with E-state index in [1.165, 1.54) is 10.9 Å². The number of fused-ring (bicyclic) bond motifs is 1. The maximum Gasteiger partial charge on any atom is 0.261 e. The molecule has 0 spiro atoms. The fraction of sp³-hybridized carbons (Fsp3) is 0.471. The highest BCUT2D eigenvalue weighted by atomic mass is 79.9. The van der Waals surface area contributed by atoms with E-state index in [0.29, 0.717) is 37.1 Å². The van der Waals surface area contributed by atoms with Gasteiger partial charge >= 0.3 is 0 Å². The molecular weight excluding hydrogens is 374 g/mol. The van der Waals surface area contributed by atoms with Gasteiger partial charge in [-0.3, -0.25) is 14.2 Å². The van der Waals surface area contributed by atoms with Crippen LogP contribution in [0.2, 0.25) is 0 Å². The monoisotopic (exact) mass is 393 g/mol. The fourth-order valence-electron chi connectivity index (χ4n) is 2.86. The molecule has 6 nitrogen and oxygen atoms in total. The predicted molar refractivity (Wildman–Crippen MR) is 94.9 cm³/mol. The summed E-state index contributed by atoms with van der Waals surface area (Å²) in [6.45, 7) is 4.22. The van der Waals surface area contributed by atoms with E-state index in [1.54, 1.807) is 12.1 Å². The molecule has 1 fully saturated rings. The van der Waals surface area contributed by atoms with E-state index < -0.39 is 0 Å². The molecule has 7 heteroatoms. The largest absolute Gasteiger partial charge is 0.375 e. The van der Waals surface area contributed by atoms with Crippen LogP contribution in [0.4, 0.5) is 0 Å². The highest BCUT2D eigenvalue weighted by molar-refractivity contribution is 9.10. The SMILES string of the molecule is CC[C@@H]1CN(C(=O)CCn2cnc3ccc(Br)cc3c2=O)CCO1. The van der Waals surface area contributed by atoms with Crippen LogP contribution >= 0.6 is 15.9 Å². The second kappa shape index (κ2) is 7.44. The van der Waals surface area contributed by atoms with Crippen molar-refractivity contribution in [2.75, 3.05) is 19.7 Å². The fourth-order valence-corrected chi connectivity index (χ4v) is 3.22. The van der Waals surface area contributed by atoms with Crippen molar-refractivity contribution in [1.29, 1.82) is 0 Å². The molecule has 0 bridgehead atoms. The molecule has 1 atom stereocenters. The summed E-state index contributed by atoms with van der Waals surface area (Å²) in [6.07, 6.45) is 2.81. The number of hydrogen-bond donors (Lipinski definition) is 0.